The molecule has 2 N–H and O–H groups in total. The van der Waals surface area contributed by atoms with Crippen molar-refractivity contribution in [3.05, 3.63) is 58.4 Å². The van der Waals surface area contributed by atoms with Crippen LogP contribution in [0.2, 0.25) is 5.02 Å². The molecule has 0 aliphatic heterocycles. The highest BCUT2D eigenvalue weighted by atomic mass is 35.5. The Hall–Kier alpha value is -1.59. The summed E-state index contributed by atoms with van der Waals surface area (Å²) in [7, 11) is -3.72. The fraction of sp³-hybridized carbons (Fsp3) is 0.143. The number of halogens is 2. The Kier molecular flexibility index (Phi) is 4.01. The van der Waals surface area contributed by atoms with Crippen LogP contribution in [-0.2, 0) is 15.6 Å². The largest absolute Gasteiger partial charge is 0.399 e. The lowest BCUT2D eigenvalue weighted by Gasteiger charge is -2.10. The Morgan fingerprint density at radius 3 is 2.60 bits per heavy atom. The van der Waals surface area contributed by atoms with Gasteiger partial charge in [-0.2, -0.15) is 0 Å². The Balaban J connectivity index is 2.49. The van der Waals surface area contributed by atoms with Crippen LogP contribution in [0.1, 0.15) is 11.1 Å². The van der Waals surface area contributed by atoms with Crippen LogP contribution in [0.3, 0.4) is 0 Å². The van der Waals surface area contributed by atoms with Gasteiger partial charge in [-0.25, -0.2) is 12.8 Å². The van der Waals surface area contributed by atoms with Gasteiger partial charge in [0.25, 0.3) is 0 Å². The first-order chi connectivity index (χ1) is 9.31. The minimum atomic E-state index is -3.72. The molecule has 6 heteroatoms. The molecule has 3 nitrogen and oxygen atoms in total. The van der Waals surface area contributed by atoms with E-state index in [1.807, 2.05) is 0 Å². The number of hydrogen-bond donors (Lipinski definition) is 1. The van der Waals surface area contributed by atoms with E-state index in [-0.39, 0.29) is 15.5 Å². The van der Waals surface area contributed by atoms with Gasteiger partial charge < -0.3 is 5.73 Å². The standard InChI is InChI=1S/C14H13ClFNO2S/c1-9-5-6-10(17)7-14(9)20(18,19)8-11-12(15)3-2-4-13(11)16/h2-7H,8,17H2,1H3. The van der Waals surface area contributed by atoms with Crippen LogP contribution in [-0.4, -0.2) is 8.42 Å². The molecule has 0 bridgehead atoms. The number of sulfone groups is 1. The van der Waals surface area contributed by atoms with Gasteiger partial charge in [-0.05, 0) is 36.8 Å². The SMILES string of the molecule is Cc1ccc(N)cc1S(=O)(=O)Cc1c(F)cccc1Cl. The molecule has 0 amide bonds. The van der Waals surface area contributed by atoms with E-state index in [4.69, 9.17) is 17.3 Å². The highest BCUT2D eigenvalue weighted by Gasteiger charge is 2.21. The molecule has 2 aromatic rings. The predicted molar refractivity (Wildman–Crippen MR) is 77.9 cm³/mol. The number of aryl methyl sites for hydroxylation is 1. The van der Waals surface area contributed by atoms with Gasteiger partial charge in [-0.1, -0.05) is 23.7 Å². The highest BCUT2D eigenvalue weighted by molar-refractivity contribution is 7.90. The summed E-state index contributed by atoms with van der Waals surface area (Å²) in [6.45, 7) is 1.66. The highest BCUT2D eigenvalue weighted by Crippen LogP contribution is 2.27. The Morgan fingerprint density at radius 1 is 1.25 bits per heavy atom. The minimum absolute atomic E-state index is 0.0315. The van der Waals surface area contributed by atoms with Crippen molar-refractivity contribution < 1.29 is 12.8 Å². The first kappa shape index (κ1) is 14.8. The predicted octanol–water partition coefficient (Wildman–Crippen LogP) is 3.34. The lowest BCUT2D eigenvalue weighted by molar-refractivity contribution is 0.586. The summed E-state index contributed by atoms with van der Waals surface area (Å²) in [5.41, 5.74) is 6.48. The van der Waals surface area contributed by atoms with Crippen molar-refractivity contribution >= 4 is 27.1 Å². The molecule has 2 rings (SSSR count). The second-order valence-corrected chi connectivity index (χ2v) is 6.85. The zero-order valence-electron chi connectivity index (χ0n) is 10.7. The second kappa shape index (κ2) is 5.42. The third-order valence-corrected chi connectivity index (χ3v) is 5.08. The van der Waals surface area contributed by atoms with Crippen molar-refractivity contribution in [2.75, 3.05) is 5.73 Å². The summed E-state index contributed by atoms with van der Waals surface area (Å²) < 4.78 is 38.5. The first-order valence-electron chi connectivity index (χ1n) is 5.83. The van der Waals surface area contributed by atoms with Crippen molar-refractivity contribution in [3.8, 4) is 0 Å². The summed E-state index contributed by atoms with van der Waals surface area (Å²) in [6, 6.07) is 8.68. The fourth-order valence-corrected chi connectivity index (χ4v) is 3.90. The lowest BCUT2D eigenvalue weighted by Crippen LogP contribution is -2.09. The van der Waals surface area contributed by atoms with E-state index in [2.05, 4.69) is 0 Å². The van der Waals surface area contributed by atoms with Crippen molar-refractivity contribution in [1.82, 2.24) is 0 Å². The molecule has 2 aromatic carbocycles. The Bertz CT molecular complexity index is 740. The third-order valence-electron chi connectivity index (χ3n) is 2.94. The van der Waals surface area contributed by atoms with Crippen LogP contribution < -0.4 is 5.73 Å². The average Bonchev–Trinajstić information content (AvgIpc) is 2.37. The van der Waals surface area contributed by atoms with Crippen LogP contribution >= 0.6 is 11.6 Å². The van der Waals surface area contributed by atoms with Crippen molar-refractivity contribution in [2.24, 2.45) is 0 Å². The number of nitrogen functional groups attached to an aromatic ring is 1. The maximum atomic E-state index is 13.7. The monoisotopic (exact) mass is 313 g/mol. The third kappa shape index (κ3) is 2.94. The van der Waals surface area contributed by atoms with E-state index in [1.54, 1.807) is 19.1 Å². The molecule has 0 radical (unpaired) electrons. The summed E-state index contributed by atoms with van der Waals surface area (Å²) >= 11 is 5.86. The molecule has 0 atom stereocenters. The number of rotatable bonds is 3. The molecule has 0 saturated heterocycles. The van der Waals surface area contributed by atoms with Crippen LogP contribution in [0.15, 0.2) is 41.3 Å². The molecule has 0 aliphatic carbocycles. The van der Waals surface area contributed by atoms with Crippen molar-refractivity contribution in [3.63, 3.8) is 0 Å². The molecule has 0 saturated carbocycles. The molecule has 106 valence electrons. The first-order valence-corrected chi connectivity index (χ1v) is 7.86. The number of hydrogen-bond acceptors (Lipinski definition) is 3. The summed E-state index contributed by atoms with van der Waals surface area (Å²) in [5, 5.41) is 0.0927. The van der Waals surface area contributed by atoms with Crippen LogP contribution in [0.5, 0.6) is 0 Å². The fourth-order valence-electron chi connectivity index (χ4n) is 1.89. The van der Waals surface area contributed by atoms with Gasteiger partial charge in [-0.3, -0.25) is 0 Å². The molecule has 0 fully saturated rings. The summed E-state index contributed by atoms with van der Waals surface area (Å²) in [4.78, 5) is 0.0943. The molecule has 0 spiro atoms. The molecule has 0 aromatic heterocycles. The molecular weight excluding hydrogens is 301 g/mol. The normalized spacial score (nSPS) is 11.6. The van der Waals surface area contributed by atoms with E-state index < -0.39 is 21.4 Å². The van der Waals surface area contributed by atoms with Gasteiger partial charge in [0.15, 0.2) is 9.84 Å². The zero-order chi connectivity index (χ0) is 14.9. The smallest absolute Gasteiger partial charge is 0.183 e. The summed E-state index contributed by atoms with van der Waals surface area (Å²) in [6.07, 6.45) is 0. The summed E-state index contributed by atoms with van der Waals surface area (Å²) in [5.74, 6) is -1.13. The lowest BCUT2D eigenvalue weighted by atomic mass is 10.2. The topological polar surface area (TPSA) is 60.2 Å². The maximum absolute atomic E-state index is 13.7. The van der Waals surface area contributed by atoms with Gasteiger partial charge in [0.05, 0.1) is 10.6 Å². The van der Waals surface area contributed by atoms with Crippen LogP contribution in [0.4, 0.5) is 10.1 Å². The maximum Gasteiger partial charge on any atom is 0.183 e. The molecule has 0 heterocycles. The van der Waals surface area contributed by atoms with Gasteiger partial charge >= 0.3 is 0 Å². The van der Waals surface area contributed by atoms with Crippen molar-refractivity contribution in [1.29, 1.82) is 0 Å². The van der Waals surface area contributed by atoms with Crippen LogP contribution in [0.25, 0.3) is 0 Å². The molecule has 20 heavy (non-hydrogen) atoms. The van der Waals surface area contributed by atoms with E-state index in [1.165, 1.54) is 24.3 Å². The molecular formula is C14H13ClFNO2S. The van der Waals surface area contributed by atoms with E-state index in [0.29, 0.717) is 11.3 Å². The van der Waals surface area contributed by atoms with Crippen molar-refractivity contribution in [2.45, 2.75) is 17.6 Å². The minimum Gasteiger partial charge on any atom is -0.399 e. The molecule has 0 aliphatic rings. The van der Waals surface area contributed by atoms with E-state index in [0.717, 1.165) is 0 Å². The van der Waals surface area contributed by atoms with Gasteiger partial charge in [0.2, 0.25) is 0 Å². The second-order valence-electron chi connectivity index (χ2n) is 4.48. The van der Waals surface area contributed by atoms with Gasteiger partial charge in [0.1, 0.15) is 5.82 Å². The molecule has 0 unspecified atom stereocenters. The number of benzene rings is 2. The number of nitrogens with two attached hydrogens (primary N) is 1. The van der Waals surface area contributed by atoms with Crippen LogP contribution in [0, 0.1) is 12.7 Å². The Morgan fingerprint density at radius 2 is 1.95 bits per heavy atom. The van der Waals surface area contributed by atoms with E-state index >= 15 is 0 Å². The Labute approximate surface area is 122 Å². The van der Waals surface area contributed by atoms with Gasteiger partial charge in [-0.15, -0.1) is 0 Å². The van der Waals surface area contributed by atoms with E-state index in [9.17, 15) is 12.8 Å². The quantitative estimate of drug-likeness (QED) is 0.884. The average molecular weight is 314 g/mol. The zero-order valence-corrected chi connectivity index (χ0v) is 12.3. The van der Waals surface area contributed by atoms with Gasteiger partial charge in [0, 0.05) is 16.3 Å². The number of anilines is 1.